The van der Waals surface area contributed by atoms with E-state index in [-0.39, 0.29) is 55.3 Å². The zero-order valence-corrected chi connectivity index (χ0v) is 38.0. The molecule has 70 heavy (non-hydrogen) atoms. The van der Waals surface area contributed by atoms with Crippen molar-refractivity contribution in [3.8, 4) is 0 Å². The molecule has 6 aromatic carbocycles. The topological polar surface area (TPSA) is 185 Å². The molecule has 2 aliphatic carbocycles. The molecule has 0 unspecified atom stereocenters. The van der Waals surface area contributed by atoms with E-state index in [4.69, 9.17) is 16.2 Å². The van der Waals surface area contributed by atoms with Gasteiger partial charge >= 0.3 is 5.97 Å². The van der Waals surface area contributed by atoms with Crippen molar-refractivity contribution in [2.24, 2.45) is 11.5 Å². The number of esters is 1. The van der Waals surface area contributed by atoms with E-state index in [2.05, 4.69) is 82.7 Å². The Balaban J connectivity index is 0.000000129. The zero-order valence-electron chi connectivity index (χ0n) is 38.0. The lowest BCUT2D eigenvalue weighted by Crippen LogP contribution is -2.56. The van der Waals surface area contributed by atoms with Gasteiger partial charge in [-0.2, -0.15) is 0 Å². The number of benzene rings is 6. The normalized spacial score (nSPS) is 24.4. The molecule has 8 heterocycles. The molecule has 350 valence electrons. The molecule has 2 saturated carbocycles. The van der Waals surface area contributed by atoms with Crippen LogP contribution in [0.4, 0.5) is 0 Å². The van der Waals surface area contributed by atoms with Crippen LogP contribution in [0.5, 0.6) is 0 Å². The Kier molecular flexibility index (Phi) is 8.12. The summed E-state index contributed by atoms with van der Waals surface area (Å²) in [5.74, 6) is -0.493. The highest BCUT2D eigenvalue weighted by atomic mass is 16.5. The summed E-state index contributed by atoms with van der Waals surface area (Å²) in [5, 5.41) is 17.6. The van der Waals surface area contributed by atoms with Crippen LogP contribution in [0.2, 0.25) is 0 Å². The number of nitrogens with one attached hydrogen (secondary N) is 3. The lowest BCUT2D eigenvalue weighted by molar-refractivity contribution is -0.150. The molecule has 6 atom stereocenters. The molecule has 0 radical (unpaired) electrons. The predicted octanol–water partition coefficient (Wildman–Crippen LogP) is 8.41. The first kappa shape index (κ1) is 41.3. The molecule has 0 saturated heterocycles. The summed E-state index contributed by atoms with van der Waals surface area (Å²) in [6.45, 7) is 3.12. The summed E-state index contributed by atoms with van der Waals surface area (Å²) < 4.78 is 14.9. The SMILES string of the molecule is C.CCOC(=O)[C@]1(N)C[C@@H]2C[C@H]1n1c3ccccc3c3c4c(c5c6ccccc6n2c5c31)C(=O)NC4.CNC(=O)[C@]1(N)C[C@@H]2C[C@H]1n1c3ccccc3c3c4c(c5c6ccccc6n2c5c31)C(=O)NC4. The Morgan fingerprint density at radius 3 is 1.40 bits per heavy atom. The van der Waals surface area contributed by atoms with E-state index >= 15 is 0 Å². The Bertz CT molecular complexity index is 4100. The Morgan fingerprint density at radius 2 is 0.971 bits per heavy atom. The van der Waals surface area contributed by atoms with Crippen LogP contribution in [0.1, 0.15) is 96.0 Å². The summed E-state index contributed by atoms with van der Waals surface area (Å²) >= 11 is 0. The number of likely N-dealkylation sites (N-methyl/N-ethyl adjacent to an activating group) is 1. The summed E-state index contributed by atoms with van der Waals surface area (Å²) in [5.41, 5.74) is 24.1. The number of nitrogens with two attached hydrogens (primary N) is 2. The van der Waals surface area contributed by atoms with Gasteiger partial charge in [-0.3, -0.25) is 14.4 Å². The minimum atomic E-state index is -1.14. The van der Waals surface area contributed by atoms with Crippen LogP contribution in [-0.4, -0.2) is 66.7 Å². The molecule has 16 rings (SSSR count). The van der Waals surface area contributed by atoms with Gasteiger partial charge in [0.15, 0.2) is 0 Å². The Morgan fingerprint density at radius 1 is 0.600 bits per heavy atom. The van der Waals surface area contributed by atoms with Crippen molar-refractivity contribution >= 4 is 111 Å². The van der Waals surface area contributed by atoms with Crippen molar-refractivity contribution in [2.45, 2.75) is 88.4 Å². The third-order valence-electron chi connectivity index (χ3n) is 17.1. The quantitative estimate of drug-likeness (QED) is 0.110. The van der Waals surface area contributed by atoms with Gasteiger partial charge in [0.1, 0.15) is 11.1 Å². The lowest BCUT2D eigenvalue weighted by atomic mass is 9.91. The fourth-order valence-electron chi connectivity index (χ4n) is 14.6. The highest BCUT2D eigenvalue weighted by Gasteiger charge is 2.56. The van der Waals surface area contributed by atoms with Gasteiger partial charge in [0.05, 0.1) is 51.9 Å². The number of fused-ring (bicyclic) bond motifs is 26. The second-order valence-electron chi connectivity index (χ2n) is 20.1. The molecule has 7 N–H and O–H groups in total. The zero-order chi connectivity index (χ0) is 46.6. The maximum atomic E-state index is 13.4. The second-order valence-corrected chi connectivity index (χ2v) is 20.1. The van der Waals surface area contributed by atoms with Crippen molar-refractivity contribution in [3.05, 3.63) is 119 Å². The van der Waals surface area contributed by atoms with E-state index < -0.39 is 11.1 Å². The number of ether oxygens (including phenoxy) is 1. The minimum Gasteiger partial charge on any atom is -0.465 e. The maximum Gasteiger partial charge on any atom is 0.328 e. The van der Waals surface area contributed by atoms with Gasteiger partial charge < -0.3 is 50.4 Å². The van der Waals surface area contributed by atoms with Crippen molar-refractivity contribution in [1.82, 2.24) is 34.2 Å². The van der Waals surface area contributed by atoms with Crippen LogP contribution in [0.25, 0.3) is 87.2 Å². The van der Waals surface area contributed by atoms with Gasteiger partial charge in [0.2, 0.25) is 5.91 Å². The van der Waals surface area contributed by atoms with Gasteiger partial charge in [0.25, 0.3) is 11.8 Å². The first-order chi connectivity index (χ1) is 33.6. The number of aromatic nitrogens is 4. The monoisotopic (exact) mass is 929 g/mol. The Labute approximate surface area is 400 Å². The van der Waals surface area contributed by atoms with E-state index in [1.165, 1.54) is 0 Å². The smallest absolute Gasteiger partial charge is 0.328 e. The molecule has 0 spiro atoms. The molecule has 6 aliphatic rings. The first-order valence-corrected chi connectivity index (χ1v) is 24.1. The fourth-order valence-corrected chi connectivity index (χ4v) is 14.6. The highest BCUT2D eigenvalue weighted by Crippen LogP contribution is 2.58. The number of amides is 3. The number of hydrogen-bond acceptors (Lipinski definition) is 7. The standard InChI is InChI=1S/C28H24N4O3.C27H23N5O2.CH4/c1-2-35-27(34)28(29)12-14-11-20(28)32-19-10-6-3-7-15(19)21-17-13-30-26(33)23(17)22-16-8-4-5-9-18(16)31(14)25(22)24(21)32;1-29-26(34)27(28)11-13-10-19(27)32-18-9-5-2-6-14(18)20-16-12-30-25(33)22(16)21-15-7-3-4-8-17(15)31(13)24(21)23(20)32;/h3-10,14,20H,2,11-13,29H2,1H3,(H,30,33);2-9,13,19H,10-12,28H2,1H3,(H,29,34)(H,30,33);1H4/t14-,20+,28-;13-,19+,27-;/m00./s1. The van der Waals surface area contributed by atoms with Crippen LogP contribution in [-0.2, 0) is 27.4 Å². The van der Waals surface area contributed by atoms with Crippen LogP contribution in [0.3, 0.4) is 0 Å². The van der Waals surface area contributed by atoms with Gasteiger partial charge in [0, 0.05) is 97.4 Å². The highest BCUT2D eigenvalue weighted by molar-refractivity contribution is 6.32. The molecule has 4 bridgehead atoms. The number of hydrogen-bond donors (Lipinski definition) is 5. The molecule has 2 fully saturated rings. The van der Waals surface area contributed by atoms with Crippen LogP contribution in [0, 0.1) is 0 Å². The summed E-state index contributed by atoms with van der Waals surface area (Å²) in [4.78, 5) is 53.1. The molecule has 4 aromatic heterocycles. The van der Waals surface area contributed by atoms with Crippen molar-refractivity contribution in [1.29, 1.82) is 0 Å². The van der Waals surface area contributed by atoms with Gasteiger partial charge in [-0.25, -0.2) is 4.79 Å². The van der Waals surface area contributed by atoms with E-state index in [0.29, 0.717) is 32.5 Å². The summed E-state index contributed by atoms with van der Waals surface area (Å²) in [6, 6.07) is 32.9. The molecule has 10 aromatic rings. The third-order valence-corrected chi connectivity index (χ3v) is 17.1. The van der Waals surface area contributed by atoms with Gasteiger partial charge in [-0.05, 0) is 68.0 Å². The van der Waals surface area contributed by atoms with Crippen molar-refractivity contribution in [2.75, 3.05) is 13.7 Å². The van der Waals surface area contributed by atoms with Crippen molar-refractivity contribution in [3.63, 3.8) is 0 Å². The van der Waals surface area contributed by atoms with Crippen LogP contribution in [0.15, 0.2) is 97.1 Å². The summed E-state index contributed by atoms with van der Waals surface area (Å²) in [7, 11) is 1.66. The van der Waals surface area contributed by atoms with E-state index in [1.807, 2.05) is 55.5 Å². The average molecular weight is 930 g/mol. The van der Waals surface area contributed by atoms with E-state index in [1.54, 1.807) is 7.05 Å². The van der Waals surface area contributed by atoms with E-state index in [9.17, 15) is 19.2 Å². The molecular weight excluding hydrogens is 879 g/mol. The number of nitrogens with zero attached hydrogens (tertiary/aromatic N) is 4. The molecule has 3 amide bonds. The van der Waals surface area contributed by atoms with Crippen LogP contribution >= 0.6 is 0 Å². The maximum absolute atomic E-state index is 13.4. The fraction of sp³-hybridized carbons (Fsp3) is 0.286. The third kappa shape index (κ3) is 4.66. The van der Waals surface area contributed by atoms with E-state index in [0.717, 1.165) is 122 Å². The lowest BCUT2D eigenvalue weighted by Gasteiger charge is -2.32. The second kappa shape index (κ2) is 13.8. The number of carbonyl (C=O) groups excluding carboxylic acids is 4. The molecule has 14 heteroatoms. The number of rotatable bonds is 3. The minimum absolute atomic E-state index is 0. The van der Waals surface area contributed by atoms with Gasteiger partial charge in [-0.15, -0.1) is 0 Å². The van der Waals surface area contributed by atoms with Gasteiger partial charge in [-0.1, -0.05) is 80.2 Å². The number of carbonyl (C=O) groups is 4. The number of para-hydroxylation sites is 4. The summed E-state index contributed by atoms with van der Waals surface area (Å²) in [6.07, 6.45) is 2.52. The molecule has 4 aliphatic heterocycles. The first-order valence-electron chi connectivity index (χ1n) is 24.1. The molecular formula is C56H51N9O5. The van der Waals surface area contributed by atoms with Crippen LogP contribution < -0.4 is 27.4 Å². The Hall–Kier alpha value is -7.68. The molecule has 14 nitrogen and oxygen atoms in total. The average Bonchev–Trinajstić information content (AvgIpc) is 4.24. The predicted molar refractivity (Wildman–Crippen MR) is 273 cm³/mol. The largest absolute Gasteiger partial charge is 0.465 e. The van der Waals surface area contributed by atoms with Crippen molar-refractivity contribution < 1.29 is 23.9 Å².